The molecule has 1 aromatic carbocycles. The van der Waals surface area contributed by atoms with Crippen molar-refractivity contribution in [1.82, 2.24) is 25.0 Å². The fourth-order valence-electron chi connectivity index (χ4n) is 4.41. The summed E-state index contributed by atoms with van der Waals surface area (Å²) < 4.78 is 2.11. The van der Waals surface area contributed by atoms with Crippen molar-refractivity contribution in [1.29, 1.82) is 0 Å². The van der Waals surface area contributed by atoms with Crippen molar-refractivity contribution in [3.05, 3.63) is 41.7 Å². The Morgan fingerprint density at radius 1 is 1.10 bits per heavy atom. The first-order chi connectivity index (χ1) is 14.2. The number of amides is 2. The molecule has 0 spiro atoms. The summed E-state index contributed by atoms with van der Waals surface area (Å²) in [4.78, 5) is 14.7. The van der Waals surface area contributed by atoms with Crippen LogP contribution in [-0.2, 0) is 12.8 Å². The lowest BCUT2D eigenvalue weighted by atomic mass is 9.95. The summed E-state index contributed by atoms with van der Waals surface area (Å²) in [5.74, 6) is 2.13. The molecule has 1 atom stereocenters. The van der Waals surface area contributed by atoms with Crippen LogP contribution in [0.3, 0.4) is 0 Å². The van der Waals surface area contributed by atoms with E-state index in [1.807, 2.05) is 18.0 Å². The Labute approximate surface area is 177 Å². The van der Waals surface area contributed by atoms with Gasteiger partial charge in [-0.25, -0.2) is 4.79 Å². The summed E-state index contributed by atoms with van der Waals surface area (Å²) in [6, 6.07) is 10.9. The lowest BCUT2D eigenvalue weighted by Crippen LogP contribution is -2.48. The zero-order valence-electron chi connectivity index (χ0n) is 17.2. The zero-order valence-corrected chi connectivity index (χ0v) is 18.0. The molecule has 29 heavy (non-hydrogen) atoms. The molecule has 6 nitrogen and oxygen atoms in total. The molecule has 1 aliphatic carbocycles. The Morgan fingerprint density at radius 2 is 1.90 bits per heavy atom. The predicted molar refractivity (Wildman–Crippen MR) is 116 cm³/mol. The minimum atomic E-state index is 0.0995. The Kier molecular flexibility index (Phi) is 6.74. The van der Waals surface area contributed by atoms with Crippen molar-refractivity contribution in [2.24, 2.45) is 7.05 Å². The maximum Gasteiger partial charge on any atom is 0.317 e. The highest BCUT2D eigenvalue weighted by molar-refractivity contribution is 7.98. The fraction of sp³-hybridized carbons (Fsp3) is 0.591. The molecule has 0 radical (unpaired) electrons. The standard InChI is InChI=1S/C22H31N5OS/c1-26-20(24-25-22(26)29-16-17-9-4-2-5-10-17)18-11-8-14-27(15-18)21(28)23-19-12-6-3-7-13-19/h2,4-5,9-10,18-19H,3,6-8,11-16H2,1H3,(H,23,28)/t18-/m1/s1. The summed E-state index contributed by atoms with van der Waals surface area (Å²) >= 11 is 1.71. The SMILES string of the molecule is Cn1c(SCc2ccccc2)nnc1[C@@H]1CCCN(C(=O)NC2CCCCC2)C1. The van der Waals surface area contributed by atoms with E-state index in [4.69, 9.17) is 0 Å². The van der Waals surface area contributed by atoms with Gasteiger partial charge in [0.25, 0.3) is 0 Å². The van der Waals surface area contributed by atoms with Gasteiger partial charge in [0.1, 0.15) is 5.82 Å². The van der Waals surface area contributed by atoms with E-state index < -0.39 is 0 Å². The van der Waals surface area contributed by atoms with E-state index in [0.29, 0.717) is 6.04 Å². The molecule has 7 heteroatoms. The minimum Gasteiger partial charge on any atom is -0.335 e. The number of piperidine rings is 1. The molecule has 156 valence electrons. The van der Waals surface area contributed by atoms with Gasteiger partial charge in [0.15, 0.2) is 5.16 Å². The van der Waals surface area contributed by atoms with Gasteiger partial charge in [0.05, 0.1) is 0 Å². The third kappa shape index (κ3) is 5.13. The molecule has 1 aliphatic heterocycles. The van der Waals surface area contributed by atoms with Crippen LogP contribution in [0.15, 0.2) is 35.5 Å². The highest BCUT2D eigenvalue weighted by Crippen LogP contribution is 2.29. The maximum atomic E-state index is 12.8. The van der Waals surface area contributed by atoms with E-state index in [1.165, 1.54) is 24.8 Å². The molecule has 0 bridgehead atoms. The number of carbonyl (C=O) groups is 1. The average Bonchev–Trinajstić information content (AvgIpc) is 3.14. The third-order valence-corrected chi connectivity index (χ3v) is 7.18. The van der Waals surface area contributed by atoms with Crippen molar-refractivity contribution >= 4 is 17.8 Å². The van der Waals surface area contributed by atoms with Crippen LogP contribution >= 0.6 is 11.8 Å². The second kappa shape index (κ2) is 9.65. The van der Waals surface area contributed by atoms with Gasteiger partial charge < -0.3 is 14.8 Å². The van der Waals surface area contributed by atoms with Crippen LogP contribution in [0.4, 0.5) is 4.79 Å². The van der Waals surface area contributed by atoms with Crippen LogP contribution in [0, 0.1) is 0 Å². The number of hydrogen-bond acceptors (Lipinski definition) is 4. The Morgan fingerprint density at radius 3 is 2.69 bits per heavy atom. The van der Waals surface area contributed by atoms with E-state index in [9.17, 15) is 4.79 Å². The molecule has 2 heterocycles. The summed E-state index contributed by atoms with van der Waals surface area (Å²) in [5.41, 5.74) is 1.28. The van der Waals surface area contributed by atoms with E-state index in [-0.39, 0.29) is 11.9 Å². The van der Waals surface area contributed by atoms with Crippen molar-refractivity contribution in [2.75, 3.05) is 13.1 Å². The highest BCUT2D eigenvalue weighted by Gasteiger charge is 2.29. The van der Waals surface area contributed by atoms with Crippen LogP contribution in [0.5, 0.6) is 0 Å². The maximum absolute atomic E-state index is 12.8. The minimum absolute atomic E-state index is 0.0995. The van der Waals surface area contributed by atoms with E-state index in [1.54, 1.807) is 11.8 Å². The lowest BCUT2D eigenvalue weighted by Gasteiger charge is -2.34. The van der Waals surface area contributed by atoms with Gasteiger partial charge in [-0.1, -0.05) is 61.4 Å². The van der Waals surface area contributed by atoms with Crippen LogP contribution in [0.25, 0.3) is 0 Å². The molecule has 2 amide bonds. The number of thioether (sulfide) groups is 1. The molecule has 1 saturated heterocycles. The van der Waals surface area contributed by atoms with E-state index >= 15 is 0 Å². The second-order valence-electron chi connectivity index (χ2n) is 8.24. The predicted octanol–water partition coefficient (Wildman–Crippen LogP) is 4.33. The number of aromatic nitrogens is 3. The topological polar surface area (TPSA) is 63.1 Å². The number of carbonyl (C=O) groups excluding carboxylic acids is 1. The molecule has 0 unspecified atom stereocenters. The van der Waals surface area contributed by atoms with Gasteiger partial charge in [-0.2, -0.15) is 0 Å². The molecule has 2 aromatic rings. The zero-order chi connectivity index (χ0) is 20.1. The molecule has 1 saturated carbocycles. The normalized spacial score (nSPS) is 20.6. The Bertz CT molecular complexity index is 803. The van der Waals surface area contributed by atoms with Gasteiger partial charge in [0, 0.05) is 37.8 Å². The van der Waals surface area contributed by atoms with Crippen LogP contribution in [0.2, 0.25) is 0 Å². The number of likely N-dealkylation sites (tertiary alicyclic amines) is 1. The number of rotatable bonds is 5. The van der Waals surface area contributed by atoms with Crippen molar-refractivity contribution in [2.45, 2.75) is 67.8 Å². The number of urea groups is 1. The highest BCUT2D eigenvalue weighted by atomic mass is 32.2. The van der Waals surface area contributed by atoms with Crippen LogP contribution < -0.4 is 5.32 Å². The average molecular weight is 414 g/mol. The smallest absolute Gasteiger partial charge is 0.317 e. The van der Waals surface area contributed by atoms with Gasteiger partial charge in [0.2, 0.25) is 0 Å². The number of nitrogens with one attached hydrogen (secondary N) is 1. The molecule has 2 fully saturated rings. The van der Waals surface area contributed by atoms with E-state index in [0.717, 1.165) is 55.5 Å². The quantitative estimate of drug-likeness (QED) is 0.741. The number of nitrogens with zero attached hydrogens (tertiary/aromatic N) is 4. The molecular formula is C22H31N5OS. The second-order valence-corrected chi connectivity index (χ2v) is 9.19. The largest absolute Gasteiger partial charge is 0.335 e. The Balaban J connectivity index is 1.35. The van der Waals surface area contributed by atoms with Crippen molar-refractivity contribution in [3.63, 3.8) is 0 Å². The molecular weight excluding hydrogens is 382 g/mol. The fourth-order valence-corrected chi connectivity index (χ4v) is 5.29. The van der Waals surface area contributed by atoms with Gasteiger partial charge in [-0.05, 0) is 31.2 Å². The first-order valence-corrected chi connectivity index (χ1v) is 11.8. The molecule has 4 rings (SSSR count). The molecule has 2 aliphatic rings. The van der Waals surface area contributed by atoms with E-state index in [2.05, 4.69) is 44.3 Å². The molecule has 1 aromatic heterocycles. The number of hydrogen-bond donors (Lipinski definition) is 1. The summed E-state index contributed by atoms with van der Waals surface area (Å²) in [5, 5.41) is 13.1. The summed E-state index contributed by atoms with van der Waals surface area (Å²) in [7, 11) is 2.05. The summed E-state index contributed by atoms with van der Waals surface area (Å²) in [6.45, 7) is 1.57. The monoisotopic (exact) mass is 413 g/mol. The molecule has 1 N–H and O–H groups in total. The lowest BCUT2D eigenvalue weighted by molar-refractivity contribution is 0.171. The van der Waals surface area contributed by atoms with Gasteiger partial charge in [-0.3, -0.25) is 0 Å². The van der Waals surface area contributed by atoms with Crippen molar-refractivity contribution < 1.29 is 4.79 Å². The van der Waals surface area contributed by atoms with Gasteiger partial charge >= 0.3 is 6.03 Å². The third-order valence-electron chi connectivity index (χ3n) is 6.09. The van der Waals surface area contributed by atoms with Crippen molar-refractivity contribution in [3.8, 4) is 0 Å². The first-order valence-electron chi connectivity index (χ1n) is 10.8. The van der Waals surface area contributed by atoms with Gasteiger partial charge in [-0.15, -0.1) is 10.2 Å². The summed E-state index contributed by atoms with van der Waals surface area (Å²) in [6.07, 6.45) is 8.08. The van der Waals surface area contributed by atoms with Crippen LogP contribution in [-0.4, -0.2) is 44.8 Å². The first kappa shape index (κ1) is 20.3. The Hall–Kier alpha value is -2.02. The van der Waals surface area contributed by atoms with Crippen LogP contribution in [0.1, 0.15) is 62.3 Å². The number of benzene rings is 1.